The van der Waals surface area contributed by atoms with Crippen LogP contribution in [0.25, 0.3) is 0 Å². The average molecular weight is 282 g/mol. The van der Waals surface area contributed by atoms with Crippen molar-refractivity contribution in [2.75, 3.05) is 11.0 Å². The van der Waals surface area contributed by atoms with E-state index in [1.165, 1.54) is 23.7 Å². The maximum absolute atomic E-state index is 5.80. The van der Waals surface area contributed by atoms with Crippen molar-refractivity contribution in [3.05, 3.63) is 0 Å². The third-order valence-corrected chi connectivity index (χ3v) is 3.39. The number of rotatable bonds is 3. The van der Waals surface area contributed by atoms with Crippen LogP contribution in [0.2, 0.25) is 0 Å². The second-order valence-corrected chi connectivity index (χ2v) is 5.10. The van der Waals surface area contributed by atoms with Crippen molar-refractivity contribution < 1.29 is 4.74 Å². The highest BCUT2D eigenvalue weighted by Gasteiger charge is 2.25. The Labute approximate surface area is 89.4 Å². The van der Waals surface area contributed by atoms with Gasteiger partial charge in [0.2, 0.25) is 0 Å². The zero-order valence-electron chi connectivity index (χ0n) is 8.05. The summed E-state index contributed by atoms with van der Waals surface area (Å²) in [5.74, 6) is 1.55. The lowest BCUT2D eigenvalue weighted by Gasteiger charge is -2.32. The fourth-order valence-electron chi connectivity index (χ4n) is 1.95. The summed E-state index contributed by atoms with van der Waals surface area (Å²) < 4.78 is 7.06. The molecular weight excluding hydrogens is 263 g/mol. The SMILES string of the molecule is CC1COC(CCCI)C(C)C1. The van der Waals surface area contributed by atoms with Crippen LogP contribution >= 0.6 is 22.6 Å². The number of hydrogen-bond acceptors (Lipinski definition) is 1. The zero-order chi connectivity index (χ0) is 8.97. The molecule has 0 aromatic carbocycles. The second-order valence-electron chi connectivity index (χ2n) is 4.02. The fraction of sp³-hybridized carbons (Fsp3) is 1.00. The van der Waals surface area contributed by atoms with E-state index >= 15 is 0 Å². The Kier molecular flexibility index (Phi) is 4.87. The van der Waals surface area contributed by atoms with Crippen molar-refractivity contribution in [1.82, 2.24) is 0 Å². The normalized spacial score (nSPS) is 36.8. The lowest BCUT2D eigenvalue weighted by Crippen LogP contribution is -2.31. The Morgan fingerprint density at radius 3 is 2.75 bits per heavy atom. The average Bonchev–Trinajstić information content (AvgIpc) is 2.03. The smallest absolute Gasteiger partial charge is 0.0601 e. The monoisotopic (exact) mass is 282 g/mol. The lowest BCUT2D eigenvalue weighted by molar-refractivity contribution is -0.0499. The van der Waals surface area contributed by atoms with E-state index in [4.69, 9.17) is 4.74 Å². The van der Waals surface area contributed by atoms with E-state index in [2.05, 4.69) is 36.4 Å². The summed E-state index contributed by atoms with van der Waals surface area (Å²) in [5.41, 5.74) is 0. The molecule has 1 aliphatic heterocycles. The minimum atomic E-state index is 0.552. The fourth-order valence-corrected chi connectivity index (χ4v) is 2.39. The van der Waals surface area contributed by atoms with Crippen LogP contribution in [0.15, 0.2) is 0 Å². The third kappa shape index (κ3) is 3.21. The van der Waals surface area contributed by atoms with Gasteiger partial charge in [-0.15, -0.1) is 0 Å². The number of halogens is 1. The Hall–Kier alpha value is 0.690. The van der Waals surface area contributed by atoms with E-state index in [1.807, 2.05) is 0 Å². The molecule has 0 bridgehead atoms. The quantitative estimate of drug-likeness (QED) is 0.570. The molecule has 1 fully saturated rings. The van der Waals surface area contributed by atoms with E-state index in [-0.39, 0.29) is 0 Å². The van der Waals surface area contributed by atoms with Gasteiger partial charge in [0.05, 0.1) is 6.10 Å². The minimum absolute atomic E-state index is 0.552. The van der Waals surface area contributed by atoms with Crippen molar-refractivity contribution >= 4 is 22.6 Å². The van der Waals surface area contributed by atoms with Crippen LogP contribution in [0.3, 0.4) is 0 Å². The number of hydrogen-bond donors (Lipinski definition) is 0. The van der Waals surface area contributed by atoms with Gasteiger partial charge in [-0.25, -0.2) is 0 Å². The summed E-state index contributed by atoms with van der Waals surface area (Å²) in [6.45, 7) is 5.59. The molecule has 12 heavy (non-hydrogen) atoms. The molecule has 1 rings (SSSR count). The van der Waals surface area contributed by atoms with Crippen LogP contribution in [0.4, 0.5) is 0 Å². The lowest BCUT2D eigenvalue weighted by atomic mass is 9.88. The molecule has 72 valence electrons. The molecule has 0 aliphatic carbocycles. The molecular formula is C10H19IO. The van der Waals surface area contributed by atoms with E-state index < -0.39 is 0 Å². The van der Waals surface area contributed by atoms with Gasteiger partial charge < -0.3 is 4.74 Å². The molecule has 0 aromatic rings. The summed E-state index contributed by atoms with van der Waals surface area (Å²) in [6, 6.07) is 0. The molecule has 1 saturated heterocycles. The molecule has 1 heterocycles. The Morgan fingerprint density at radius 2 is 2.17 bits per heavy atom. The first kappa shape index (κ1) is 10.8. The summed E-state index contributed by atoms with van der Waals surface area (Å²) >= 11 is 2.44. The Balaban J connectivity index is 2.25. The first-order chi connectivity index (χ1) is 5.74. The van der Waals surface area contributed by atoms with Gasteiger partial charge in [0.15, 0.2) is 0 Å². The molecule has 3 unspecified atom stereocenters. The van der Waals surface area contributed by atoms with Gasteiger partial charge in [-0.2, -0.15) is 0 Å². The molecule has 2 heteroatoms. The van der Waals surface area contributed by atoms with Crippen molar-refractivity contribution in [3.8, 4) is 0 Å². The summed E-state index contributed by atoms with van der Waals surface area (Å²) in [6.07, 6.45) is 4.48. The predicted octanol–water partition coefficient (Wildman–Crippen LogP) is 3.26. The molecule has 0 amide bonds. The van der Waals surface area contributed by atoms with Crippen molar-refractivity contribution in [2.45, 2.75) is 39.2 Å². The summed E-state index contributed by atoms with van der Waals surface area (Å²) in [4.78, 5) is 0. The van der Waals surface area contributed by atoms with Crippen LogP contribution in [0.1, 0.15) is 33.1 Å². The van der Waals surface area contributed by atoms with Crippen LogP contribution in [-0.2, 0) is 4.74 Å². The van der Waals surface area contributed by atoms with Crippen molar-refractivity contribution in [3.63, 3.8) is 0 Å². The third-order valence-electron chi connectivity index (χ3n) is 2.63. The highest BCUT2D eigenvalue weighted by atomic mass is 127. The van der Waals surface area contributed by atoms with E-state index in [9.17, 15) is 0 Å². The highest BCUT2D eigenvalue weighted by Crippen LogP contribution is 2.27. The van der Waals surface area contributed by atoms with Crippen LogP contribution in [-0.4, -0.2) is 17.1 Å². The van der Waals surface area contributed by atoms with Gasteiger partial charge in [-0.1, -0.05) is 36.4 Å². The van der Waals surface area contributed by atoms with E-state index in [0.29, 0.717) is 6.10 Å². The maximum Gasteiger partial charge on any atom is 0.0601 e. The van der Waals surface area contributed by atoms with Gasteiger partial charge >= 0.3 is 0 Å². The number of ether oxygens (including phenoxy) is 1. The molecule has 1 aliphatic rings. The maximum atomic E-state index is 5.80. The van der Waals surface area contributed by atoms with Gasteiger partial charge in [0, 0.05) is 6.61 Å². The number of alkyl halides is 1. The zero-order valence-corrected chi connectivity index (χ0v) is 10.2. The van der Waals surface area contributed by atoms with Crippen LogP contribution < -0.4 is 0 Å². The standard InChI is InChI=1S/C10H19IO/c1-8-6-9(2)10(12-7-8)4-3-5-11/h8-10H,3-7H2,1-2H3. The molecule has 0 aromatic heterocycles. The largest absolute Gasteiger partial charge is 0.378 e. The first-order valence-electron chi connectivity index (χ1n) is 4.91. The van der Waals surface area contributed by atoms with Gasteiger partial charge in [0.25, 0.3) is 0 Å². The molecule has 0 radical (unpaired) electrons. The Bertz CT molecular complexity index is 125. The molecule has 0 spiro atoms. The highest BCUT2D eigenvalue weighted by molar-refractivity contribution is 14.1. The van der Waals surface area contributed by atoms with Crippen LogP contribution in [0, 0.1) is 11.8 Å². The molecule has 0 N–H and O–H groups in total. The van der Waals surface area contributed by atoms with Crippen LogP contribution in [0.5, 0.6) is 0 Å². The molecule has 3 atom stereocenters. The summed E-state index contributed by atoms with van der Waals surface area (Å²) in [7, 11) is 0. The molecule has 0 saturated carbocycles. The van der Waals surface area contributed by atoms with E-state index in [1.54, 1.807) is 0 Å². The second kappa shape index (κ2) is 5.43. The predicted molar refractivity (Wildman–Crippen MR) is 60.8 cm³/mol. The topological polar surface area (TPSA) is 9.23 Å². The van der Waals surface area contributed by atoms with Gasteiger partial charge in [-0.3, -0.25) is 0 Å². The van der Waals surface area contributed by atoms with Crippen molar-refractivity contribution in [2.24, 2.45) is 11.8 Å². The van der Waals surface area contributed by atoms with Gasteiger partial charge in [-0.05, 0) is 35.5 Å². The van der Waals surface area contributed by atoms with E-state index in [0.717, 1.165) is 18.4 Å². The molecule has 1 nitrogen and oxygen atoms in total. The van der Waals surface area contributed by atoms with Crippen molar-refractivity contribution in [1.29, 1.82) is 0 Å². The first-order valence-corrected chi connectivity index (χ1v) is 6.44. The van der Waals surface area contributed by atoms with Gasteiger partial charge in [0.1, 0.15) is 0 Å². The minimum Gasteiger partial charge on any atom is -0.378 e. The summed E-state index contributed by atoms with van der Waals surface area (Å²) in [5, 5.41) is 0. The Morgan fingerprint density at radius 1 is 1.42 bits per heavy atom.